The molecule has 5 heteroatoms. The Bertz CT molecular complexity index is 523. The number of carbonyl (C=O) groups excluding carboxylic acids is 1. The molecule has 1 atom stereocenters. The van der Waals surface area contributed by atoms with Crippen molar-refractivity contribution in [1.82, 2.24) is 10.2 Å². The maximum absolute atomic E-state index is 12.6. The average Bonchev–Trinajstić information content (AvgIpc) is 3.01. The second-order valence-electron chi connectivity index (χ2n) is 5.96. The predicted molar refractivity (Wildman–Crippen MR) is 88.8 cm³/mol. The lowest BCUT2D eigenvalue weighted by molar-refractivity contribution is 0.0674. The fraction of sp³-hybridized carbons (Fsp3) is 0.562. The fourth-order valence-electron chi connectivity index (χ4n) is 3.45. The lowest BCUT2D eigenvalue weighted by Crippen LogP contribution is -2.43. The number of piperidine rings is 1. The zero-order valence-corrected chi connectivity index (χ0v) is 14.3. The van der Waals surface area contributed by atoms with Crippen LogP contribution in [0.15, 0.2) is 22.7 Å². The van der Waals surface area contributed by atoms with Crippen LogP contribution >= 0.6 is 27.5 Å². The summed E-state index contributed by atoms with van der Waals surface area (Å²) in [5.41, 5.74) is 0.609. The predicted octanol–water partition coefficient (Wildman–Crippen LogP) is 3.71. The van der Waals surface area contributed by atoms with Crippen molar-refractivity contribution in [3.8, 4) is 0 Å². The van der Waals surface area contributed by atoms with Crippen LogP contribution in [0.3, 0.4) is 0 Å². The van der Waals surface area contributed by atoms with Gasteiger partial charge in [-0.05, 0) is 56.3 Å². The van der Waals surface area contributed by atoms with Crippen molar-refractivity contribution in [2.24, 2.45) is 5.92 Å². The number of hydrogen-bond acceptors (Lipinski definition) is 2. The van der Waals surface area contributed by atoms with E-state index in [-0.39, 0.29) is 5.91 Å². The minimum absolute atomic E-state index is 0.0605. The van der Waals surface area contributed by atoms with E-state index in [0.717, 1.165) is 42.9 Å². The summed E-state index contributed by atoms with van der Waals surface area (Å²) in [5, 5.41) is 4.11. The van der Waals surface area contributed by atoms with E-state index in [4.69, 9.17) is 11.6 Å². The van der Waals surface area contributed by atoms with Crippen LogP contribution in [0, 0.1) is 5.92 Å². The van der Waals surface area contributed by atoms with Gasteiger partial charge in [-0.2, -0.15) is 0 Å². The first kappa shape index (κ1) is 15.3. The first-order chi connectivity index (χ1) is 10.1. The fourth-order valence-corrected chi connectivity index (χ4v) is 4.21. The Hall–Kier alpha value is -0.580. The van der Waals surface area contributed by atoms with Gasteiger partial charge >= 0.3 is 0 Å². The minimum atomic E-state index is 0.0605. The Balaban J connectivity index is 1.62. The van der Waals surface area contributed by atoms with Crippen molar-refractivity contribution in [3.63, 3.8) is 0 Å². The molecule has 0 radical (unpaired) electrons. The number of halogens is 2. The Morgan fingerprint density at radius 3 is 2.67 bits per heavy atom. The molecule has 1 unspecified atom stereocenters. The van der Waals surface area contributed by atoms with Gasteiger partial charge in [0.25, 0.3) is 5.91 Å². The Morgan fingerprint density at radius 2 is 2.05 bits per heavy atom. The maximum Gasteiger partial charge on any atom is 0.255 e. The molecule has 0 saturated carbocycles. The number of benzene rings is 1. The second-order valence-corrected chi connectivity index (χ2v) is 7.28. The summed E-state index contributed by atoms with van der Waals surface area (Å²) < 4.78 is 0.898. The van der Waals surface area contributed by atoms with Crippen LogP contribution < -0.4 is 5.32 Å². The lowest BCUT2D eigenvalue weighted by atomic mass is 9.88. The first-order valence-electron chi connectivity index (χ1n) is 7.63. The van der Waals surface area contributed by atoms with Gasteiger partial charge in [0.1, 0.15) is 0 Å². The van der Waals surface area contributed by atoms with Crippen LogP contribution in [0.2, 0.25) is 5.02 Å². The van der Waals surface area contributed by atoms with Crippen molar-refractivity contribution in [2.45, 2.75) is 31.7 Å². The normalized spacial score (nSPS) is 23.5. The molecule has 3 rings (SSSR count). The van der Waals surface area contributed by atoms with Crippen LogP contribution in [0.5, 0.6) is 0 Å². The summed E-state index contributed by atoms with van der Waals surface area (Å²) in [6.07, 6.45) is 4.77. The maximum atomic E-state index is 12.6. The van der Waals surface area contributed by atoms with Crippen LogP contribution in [0.1, 0.15) is 36.0 Å². The third-order valence-electron chi connectivity index (χ3n) is 4.66. The zero-order valence-electron chi connectivity index (χ0n) is 11.9. The summed E-state index contributed by atoms with van der Waals surface area (Å²) in [5.74, 6) is 0.780. The van der Waals surface area contributed by atoms with Gasteiger partial charge in [0.15, 0.2) is 0 Å². The lowest BCUT2D eigenvalue weighted by Gasteiger charge is -2.35. The molecule has 1 aromatic rings. The molecule has 1 amide bonds. The molecule has 0 aliphatic carbocycles. The van der Waals surface area contributed by atoms with Crippen molar-refractivity contribution in [2.75, 3.05) is 19.6 Å². The molecule has 2 fully saturated rings. The minimum Gasteiger partial charge on any atom is -0.339 e. The van der Waals surface area contributed by atoms with Gasteiger partial charge in [0.05, 0.1) is 10.6 Å². The topological polar surface area (TPSA) is 32.3 Å². The number of hydrogen-bond donors (Lipinski definition) is 1. The van der Waals surface area contributed by atoms with Gasteiger partial charge in [-0.15, -0.1) is 0 Å². The highest BCUT2D eigenvalue weighted by atomic mass is 79.9. The molecule has 2 heterocycles. The molecule has 2 aliphatic rings. The largest absolute Gasteiger partial charge is 0.339 e. The Labute approximate surface area is 139 Å². The van der Waals surface area contributed by atoms with Gasteiger partial charge in [-0.3, -0.25) is 4.79 Å². The van der Waals surface area contributed by atoms with Crippen LogP contribution in [0.4, 0.5) is 0 Å². The van der Waals surface area contributed by atoms with Gasteiger partial charge in [-0.1, -0.05) is 27.5 Å². The van der Waals surface area contributed by atoms with Crippen molar-refractivity contribution in [3.05, 3.63) is 33.3 Å². The summed E-state index contributed by atoms with van der Waals surface area (Å²) in [6.45, 7) is 2.83. The highest BCUT2D eigenvalue weighted by Gasteiger charge is 2.30. The molecule has 114 valence electrons. The van der Waals surface area contributed by atoms with E-state index in [0.29, 0.717) is 16.6 Å². The highest BCUT2D eigenvalue weighted by molar-refractivity contribution is 9.10. The van der Waals surface area contributed by atoms with Crippen molar-refractivity contribution in [1.29, 1.82) is 0 Å². The molecule has 21 heavy (non-hydrogen) atoms. The highest BCUT2D eigenvalue weighted by Crippen LogP contribution is 2.28. The van der Waals surface area contributed by atoms with E-state index < -0.39 is 0 Å². The number of nitrogens with zero attached hydrogens (tertiary/aromatic N) is 1. The number of likely N-dealkylation sites (tertiary alicyclic amines) is 1. The molecular weight excluding hydrogens is 352 g/mol. The number of amides is 1. The Kier molecular flexibility index (Phi) is 4.87. The summed E-state index contributed by atoms with van der Waals surface area (Å²) >= 11 is 9.56. The first-order valence-corrected chi connectivity index (χ1v) is 8.80. The van der Waals surface area contributed by atoms with Crippen LogP contribution in [0.25, 0.3) is 0 Å². The van der Waals surface area contributed by atoms with Gasteiger partial charge < -0.3 is 10.2 Å². The van der Waals surface area contributed by atoms with Gasteiger partial charge in [0, 0.05) is 23.6 Å². The standard InChI is InChI=1S/C16H20BrClN2O/c17-12-3-4-13(14(18)10-12)16(21)20-8-5-11(6-9-20)15-2-1-7-19-15/h3-4,10-11,15,19H,1-2,5-9H2. The van der Waals surface area contributed by atoms with E-state index in [1.807, 2.05) is 11.0 Å². The molecule has 2 aliphatic heterocycles. The number of rotatable bonds is 2. The molecule has 0 aromatic heterocycles. The summed E-state index contributed by atoms with van der Waals surface area (Å²) in [4.78, 5) is 14.5. The second kappa shape index (κ2) is 6.67. The molecule has 1 N–H and O–H groups in total. The van der Waals surface area contributed by atoms with Crippen LogP contribution in [-0.2, 0) is 0 Å². The van der Waals surface area contributed by atoms with E-state index in [2.05, 4.69) is 21.2 Å². The molecule has 3 nitrogen and oxygen atoms in total. The Morgan fingerprint density at radius 1 is 1.29 bits per heavy atom. The third kappa shape index (κ3) is 3.43. The molecular formula is C16H20BrClN2O. The quantitative estimate of drug-likeness (QED) is 0.859. The van der Waals surface area contributed by atoms with Crippen molar-refractivity contribution < 1.29 is 4.79 Å². The summed E-state index contributed by atoms with van der Waals surface area (Å²) in [7, 11) is 0. The van der Waals surface area contributed by atoms with E-state index >= 15 is 0 Å². The number of carbonyl (C=O) groups is 1. The SMILES string of the molecule is O=C(c1ccc(Br)cc1Cl)N1CCC(C2CCCN2)CC1. The molecule has 2 saturated heterocycles. The van der Waals surface area contributed by atoms with E-state index in [1.165, 1.54) is 12.8 Å². The van der Waals surface area contributed by atoms with E-state index in [1.54, 1.807) is 12.1 Å². The van der Waals surface area contributed by atoms with Crippen molar-refractivity contribution >= 4 is 33.4 Å². The van der Waals surface area contributed by atoms with Gasteiger partial charge in [-0.25, -0.2) is 0 Å². The van der Waals surface area contributed by atoms with Crippen LogP contribution in [-0.4, -0.2) is 36.5 Å². The van der Waals surface area contributed by atoms with E-state index in [9.17, 15) is 4.79 Å². The molecule has 0 bridgehead atoms. The molecule has 0 spiro atoms. The summed E-state index contributed by atoms with van der Waals surface area (Å²) in [6, 6.07) is 6.12. The third-order valence-corrected chi connectivity index (χ3v) is 5.46. The smallest absolute Gasteiger partial charge is 0.255 e. The average molecular weight is 372 g/mol. The molecule has 1 aromatic carbocycles. The zero-order chi connectivity index (χ0) is 14.8. The van der Waals surface area contributed by atoms with Gasteiger partial charge in [0.2, 0.25) is 0 Å². The monoisotopic (exact) mass is 370 g/mol. The number of nitrogens with one attached hydrogen (secondary N) is 1.